The normalized spacial score (nSPS) is 23.3. The zero-order chi connectivity index (χ0) is 16.8. The molecule has 2 aliphatic rings. The predicted octanol–water partition coefficient (Wildman–Crippen LogP) is 4.07. The highest BCUT2D eigenvalue weighted by atomic mass is 35.5. The average Bonchev–Trinajstić information content (AvgIpc) is 2.44. The molecule has 5 heteroatoms. The fraction of sp³-hybridized carbons (Fsp3) is 0.444. The summed E-state index contributed by atoms with van der Waals surface area (Å²) in [4.78, 5) is 26.0. The van der Waals surface area contributed by atoms with Gasteiger partial charge < -0.3 is 4.74 Å². The Labute approximate surface area is 141 Å². The minimum atomic E-state index is -0.631. The van der Waals surface area contributed by atoms with Crippen LogP contribution in [0.15, 0.2) is 30.4 Å². The van der Waals surface area contributed by atoms with Crippen molar-refractivity contribution in [3.05, 3.63) is 46.5 Å². The first-order valence-electron chi connectivity index (χ1n) is 7.79. The predicted molar refractivity (Wildman–Crippen MR) is 88.5 cm³/mol. The Balaban J connectivity index is 1.94. The highest BCUT2D eigenvalue weighted by molar-refractivity contribution is 6.30. The first-order chi connectivity index (χ1) is 10.8. The quantitative estimate of drug-likeness (QED) is 0.719. The Morgan fingerprint density at radius 2 is 2.09 bits per heavy atom. The van der Waals surface area contributed by atoms with E-state index in [0.29, 0.717) is 11.4 Å². The second-order valence-corrected chi connectivity index (χ2v) is 7.46. The Morgan fingerprint density at radius 1 is 1.35 bits per heavy atom. The molecule has 4 nitrogen and oxygen atoms in total. The van der Waals surface area contributed by atoms with Crippen LogP contribution in [0.25, 0.3) is 0 Å². The summed E-state index contributed by atoms with van der Waals surface area (Å²) < 4.78 is 5.41. The number of imide groups is 1. The maximum Gasteiger partial charge on any atom is 0.417 e. The summed E-state index contributed by atoms with van der Waals surface area (Å²) >= 11 is 6.07. The van der Waals surface area contributed by atoms with Crippen molar-refractivity contribution in [1.82, 2.24) is 4.90 Å². The lowest BCUT2D eigenvalue weighted by Gasteiger charge is -2.41. The molecule has 1 heterocycles. The average molecular weight is 334 g/mol. The summed E-state index contributed by atoms with van der Waals surface area (Å²) in [5.41, 5.74) is 1.68. The van der Waals surface area contributed by atoms with E-state index in [4.69, 9.17) is 16.3 Å². The Kier molecular flexibility index (Phi) is 3.96. The number of ether oxygens (including phenoxy) is 1. The molecule has 2 amide bonds. The lowest BCUT2D eigenvalue weighted by Crippen LogP contribution is -2.51. The summed E-state index contributed by atoms with van der Waals surface area (Å²) in [7, 11) is 0. The van der Waals surface area contributed by atoms with Crippen molar-refractivity contribution in [2.24, 2.45) is 0 Å². The number of carbonyl (C=O) groups is 2. The van der Waals surface area contributed by atoms with E-state index in [1.807, 2.05) is 24.3 Å². The van der Waals surface area contributed by atoms with Gasteiger partial charge in [0, 0.05) is 17.0 Å². The topological polar surface area (TPSA) is 46.6 Å². The van der Waals surface area contributed by atoms with Crippen molar-refractivity contribution >= 4 is 23.6 Å². The van der Waals surface area contributed by atoms with Gasteiger partial charge in [-0.3, -0.25) is 4.79 Å². The van der Waals surface area contributed by atoms with Crippen LogP contribution in [0, 0.1) is 0 Å². The maximum atomic E-state index is 12.5. The number of fused-ring (bicyclic) bond motifs is 3. The van der Waals surface area contributed by atoms with Crippen LogP contribution in [-0.2, 0) is 16.0 Å². The number of aryl methyl sites for hydroxylation is 1. The van der Waals surface area contributed by atoms with Gasteiger partial charge in [-0.15, -0.1) is 0 Å². The minimum Gasteiger partial charge on any atom is -0.443 e. The van der Waals surface area contributed by atoms with Gasteiger partial charge >= 0.3 is 6.09 Å². The van der Waals surface area contributed by atoms with Crippen LogP contribution >= 0.6 is 11.6 Å². The van der Waals surface area contributed by atoms with E-state index in [2.05, 4.69) is 0 Å². The first-order valence-corrected chi connectivity index (χ1v) is 8.17. The summed E-state index contributed by atoms with van der Waals surface area (Å²) in [6, 6.07) is 5.61. The maximum absolute atomic E-state index is 12.5. The molecule has 0 saturated heterocycles. The molecule has 3 rings (SSSR count). The smallest absolute Gasteiger partial charge is 0.417 e. The van der Waals surface area contributed by atoms with Crippen LogP contribution < -0.4 is 0 Å². The van der Waals surface area contributed by atoms with Crippen LogP contribution in [0.5, 0.6) is 0 Å². The first kappa shape index (κ1) is 16.1. The van der Waals surface area contributed by atoms with E-state index < -0.39 is 11.7 Å². The number of halogens is 1. The molecule has 0 saturated carbocycles. The molecule has 0 N–H and O–H groups in total. The highest BCUT2D eigenvalue weighted by Crippen LogP contribution is 2.39. The zero-order valence-electron chi connectivity index (χ0n) is 13.5. The van der Waals surface area contributed by atoms with Gasteiger partial charge in [-0.1, -0.05) is 23.7 Å². The summed E-state index contributed by atoms with van der Waals surface area (Å²) in [5, 5.41) is 0.710. The number of rotatable bonds is 0. The van der Waals surface area contributed by atoms with E-state index in [9.17, 15) is 9.59 Å². The van der Waals surface area contributed by atoms with Gasteiger partial charge in [-0.2, -0.15) is 0 Å². The number of hydrogen-bond acceptors (Lipinski definition) is 3. The number of benzene rings is 1. The van der Waals surface area contributed by atoms with Crippen LogP contribution in [0.2, 0.25) is 5.02 Å². The molecule has 1 aliphatic carbocycles. The zero-order valence-corrected chi connectivity index (χ0v) is 14.3. The van der Waals surface area contributed by atoms with E-state index in [1.54, 1.807) is 20.8 Å². The van der Waals surface area contributed by atoms with Gasteiger partial charge in [0.2, 0.25) is 0 Å². The lowest BCUT2D eigenvalue weighted by molar-refractivity contribution is -0.128. The molecule has 23 heavy (non-hydrogen) atoms. The molecule has 0 spiro atoms. The fourth-order valence-corrected chi connectivity index (χ4v) is 3.49. The van der Waals surface area contributed by atoms with Crippen molar-refractivity contribution in [3.63, 3.8) is 0 Å². The SMILES string of the molecule is CC(C)(C)OC(=O)N1C(=O)C=CC2c3ccc(Cl)cc3CCC21. The van der Waals surface area contributed by atoms with Gasteiger partial charge in [-0.05, 0) is 56.9 Å². The second-order valence-electron chi connectivity index (χ2n) is 7.02. The summed E-state index contributed by atoms with van der Waals surface area (Å²) in [5.74, 6) is -0.306. The van der Waals surface area contributed by atoms with Crippen LogP contribution in [0.3, 0.4) is 0 Å². The Bertz CT molecular complexity index is 690. The molecule has 0 bridgehead atoms. The molecular weight excluding hydrogens is 314 g/mol. The monoisotopic (exact) mass is 333 g/mol. The Morgan fingerprint density at radius 3 is 2.78 bits per heavy atom. The van der Waals surface area contributed by atoms with Gasteiger partial charge in [0.15, 0.2) is 0 Å². The van der Waals surface area contributed by atoms with E-state index in [1.165, 1.54) is 16.5 Å². The van der Waals surface area contributed by atoms with E-state index >= 15 is 0 Å². The van der Waals surface area contributed by atoms with Gasteiger partial charge in [0.1, 0.15) is 5.60 Å². The highest BCUT2D eigenvalue weighted by Gasteiger charge is 2.41. The summed E-state index contributed by atoms with van der Waals surface area (Å²) in [6.45, 7) is 5.39. The number of hydrogen-bond donors (Lipinski definition) is 0. The van der Waals surface area contributed by atoms with Crippen molar-refractivity contribution in [2.75, 3.05) is 0 Å². The van der Waals surface area contributed by atoms with Crippen LogP contribution in [0.1, 0.15) is 44.2 Å². The fourth-order valence-electron chi connectivity index (χ4n) is 3.29. The van der Waals surface area contributed by atoms with E-state index in [-0.39, 0.29) is 17.9 Å². The van der Waals surface area contributed by atoms with Gasteiger partial charge in [0.25, 0.3) is 5.91 Å². The third-order valence-electron chi connectivity index (χ3n) is 4.19. The van der Waals surface area contributed by atoms with Crippen LogP contribution in [-0.4, -0.2) is 28.5 Å². The third kappa shape index (κ3) is 3.13. The molecular formula is C18H20ClNO3. The Hall–Kier alpha value is -1.81. The van der Waals surface area contributed by atoms with Gasteiger partial charge in [-0.25, -0.2) is 9.69 Å². The van der Waals surface area contributed by atoms with Crippen LogP contribution in [0.4, 0.5) is 4.79 Å². The molecule has 0 fully saturated rings. The molecule has 1 aliphatic heterocycles. The number of carbonyl (C=O) groups excluding carboxylic acids is 2. The summed E-state index contributed by atoms with van der Waals surface area (Å²) in [6.07, 6.45) is 4.29. The lowest BCUT2D eigenvalue weighted by atomic mass is 9.77. The molecule has 2 unspecified atom stereocenters. The number of amides is 2. The molecule has 0 radical (unpaired) electrons. The largest absolute Gasteiger partial charge is 0.443 e. The number of nitrogens with zero attached hydrogens (tertiary/aromatic N) is 1. The molecule has 1 aromatic carbocycles. The molecule has 0 aromatic heterocycles. The van der Waals surface area contributed by atoms with Gasteiger partial charge in [0.05, 0.1) is 6.04 Å². The van der Waals surface area contributed by atoms with Crippen molar-refractivity contribution in [1.29, 1.82) is 0 Å². The molecule has 122 valence electrons. The van der Waals surface area contributed by atoms with Crippen molar-refractivity contribution in [3.8, 4) is 0 Å². The molecule has 1 aromatic rings. The standard InChI is InChI=1S/C18H20ClNO3/c1-18(2,3)23-17(22)20-15-8-4-11-10-12(19)5-6-13(11)14(15)7-9-16(20)21/h5-7,9-10,14-15H,4,8H2,1-3H3. The van der Waals surface area contributed by atoms with Crippen molar-refractivity contribution < 1.29 is 14.3 Å². The second kappa shape index (κ2) is 5.68. The molecule has 2 atom stereocenters. The third-order valence-corrected chi connectivity index (χ3v) is 4.43. The van der Waals surface area contributed by atoms with E-state index in [0.717, 1.165) is 12.0 Å². The van der Waals surface area contributed by atoms with Crippen molar-refractivity contribution in [2.45, 2.75) is 51.2 Å². The minimum absolute atomic E-state index is 0.00114.